The van der Waals surface area contributed by atoms with Crippen molar-refractivity contribution in [2.24, 2.45) is 0 Å². The maximum absolute atomic E-state index is 12.5. The van der Waals surface area contributed by atoms with Crippen LogP contribution in [-0.4, -0.2) is 18.4 Å². The van der Waals surface area contributed by atoms with E-state index in [0.29, 0.717) is 23.6 Å². The third kappa shape index (κ3) is 3.99. The van der Waals surface area contributed by atoms with E-state index >= 15 is 0 Å². The highest BCUT2D eigenvalue weighted by molar-refractivity contribution is 7.15. The molecule has 5 heteroatoms. The van der Waals surface area contributed by atoms with E-state index in [4.69, 9.17) is 4.74 Å². The molecule has 0 radical (unpaired) electrons. The average molecular weight is 355 g/mol. The number of carbonyl (C=O) groups is 2. The molecule has 0 aliphatic heterocycles. The number of anilines is 1. The first-order chi connectivity index (χ1) is 12.2. The van der Waals surface area contributed by atoms with Gasteiger partial charge in [0, 0.05) is 29.1 Å². The Bertz CT molecular complexity index is 793. The van der Waals surface area contributed by atoms with Crippen LogP contribution in [0, 0.1) is 0 Å². The molecule has 2 aromatic rings. The number of ether oxygens (including phenoxy) is 1. The van der Waals surface area contributed by atoms with Crippen molar-refractivity contribution in [3.63, 3.8) is 0 Å². The largest absolute Gasteiger partial charge is 0.462 e. The summed E-state index contributed by atoms with van der Waals surface area (Å²) >= 11 is 1.45. The number of esters is 1. The Balaban J connectivity index is 1.93. The van der Waals surface area contributed by atoms with Crippen LogP contribution in [0.15, 0.2) is 47.5 Å². The van der Waals surface area contributed by atoms with Crippen molar-refractivity contribution in [3.8, 4) is 11.1 Å². The Hall–Kier alpha value is -2.40. The normalized spacial score (nSPS) is 16.0. The van der Waals surface area contributed by atoms with E-state index in [9.17, 15) is 9.59 Å². The lowest BCUT2D eigenvalue weighted by Crippen LogP contribution is -2.11. The van der Waals surface area contributed by atoms with Crippen LogP contribution in [-0.2, 0) is 9.53 Å². The number of ketones is 1. The Kier molecular flexibility index (Phi) is 5.66. The van der Waals surface area contributed by atoms with Gasteiger partial charge in [-0.25, -0.2) is 4.79 Å². The van der Waals surface area contributed by atoms with E-state index in [2.05, 4.69) is 5.32 Å². The fourth-order valence-corrected chi connectivity index (χ4v) is 3.83. The van der Waals surface area contributed by atoms with Crippen LogP contribution in [0.25, 0.3) is 11.1 Å². The van der Waals surface area contributed by atoms with E-state index < -0.39 is 0 Å². The van der Waals surface area contributed by atoms with Gasteiger partial charge >= 0.3 is 5.97 Å². The Morgan fingerprint density at radius 1 is 1.24 bits per heavy atom. The van der Waals surface area contributed by atoms with Gasteiger partial charge in [0.25, 0.3) is 0 Å². The van der Waals surface area contributed by atoms with Gasteiger partial charge in [-0.3, -0.25) is 4.79 Å². The number of hydrogen-bond acceptors (Lipinski definition) is 5. The molecule has 1 N–H and O–H groups in total. The van der Waals surface area contributed by atoms with Crippen LogP contribution in [0.1, 0.15) is 43.0 Å². The first-order valence-electron chi connectivity index (χ1n) is 8.53. The number of rotatable bonds is 5. The Morgan fingerprint density at radius 2 is 2.00 bits per heavy atom. The summed E-state index contributed by atoms with van der Waals surface area (Å²) in [6.45, 7) is 2.12. The van der Waals surface area contributed by atoms with Gasteiger partial charge in [-0.2, -0.15) is 0 Å². The second-order valence-electron chi connectivity index (χ2n) is 5.88. The molecule has 1 fully saturated rings. The number of hydrogen-bond donors (Lipinski definition) is 1. The number of thiophene rings is 1. The van der Waals surface area contributed by atoms with Gasteiger partial charge in [-0.05, 0) is 31.7 Å². The lowest BCUT2D eigenvalue weighted by molar-refractivity contribution is -0.116. The highest BCUT2D eigenvalue weighted by Gasteiger charge is 2.21. The average Bonchev–Trinajstić information content (AvgIpc) is 3.06. The quantitative estimate of drug-likeness (QED) is 0.604. The monoisotopic (exact) mass is 355 g/mol. The van der Waals surface area contributed by atoms with E-state index in [1.54, 1.807) is 13.1 Å². The molecule has 1 heterocycles. The maximum atomic E-state index is 12.5. The summed E-state index contributed by atoms with van der Waals surface area (Å²) in [5, 5.41) is 5.84. The Morgan fingerprint density at radius 3 is 2.72 bits per heavy atom. The number of benzene rings is 1. The standard InChI is InChI=1S/C20H21NO3S/c1-2-24-20(23)18-16(14-8-4-3-5-9-14)13-25-19(18)21-12-15-10-6-7-11-17(15)22/h3-5,8-9,12-13,21H,2,6-7,10-11H2,1H3. The second-order valence-corrected chi connectivity index (χ2v) is 6.76. The summed E-state index contributed by atoms with van der Waals surface area (Å²) in [5.41, 5.74) is 3.14. The lowest BCUT2D eigenvalue weighted by atomic mass is 9.94. The molecule has 1 saturated carbocycles. The van der Waals surface area contributed by atoms with Crippen molar-refractivity contribution in [2.75, 3.05) is 11.9 Å². The first kappa shape index (κ1) is 17.4. The van der Waals surface area contributed by atoms with Crippen LogP contribution in [0.3, 0.4) is 0 Å². The predicted molar refractivity (Wildman–Crippen MR) is 101 cm³/mol. The van der Waals surface area contributed by atoms with Gasteiger partial charge in [0.15, 0.2) is 5.78 Å². The summed E-state index contributed by atoms with van der Waals surface area (Å²) in [6, 6.07) is 9.77. The molecule has 0 unspecified atom stereocenters. The molecule has 25 heavy (non-hydrogen) atoms. The zero-order valence-electron chi connectivity index (χ0n) is 14.2. The zero-order valence-corrected chi connectivity index (χ0v) is 15.0. The highest BCUT2D eigenvalue weighted by Crippen LogP contribution is 2.36. The minimum Gasteiger partial charge on any atom is -0.462 e. The number of nitrogens with one attached hydrogen (secondary N) is 1. The van der Waals surface area contributed by atoms with Crippen LogP contribution >= 0.6 is 11.3 Å². The van der Waals surface area contributed by atoms with E-state index in [0.717, 1.165) is 36.0 Å². The molecule has 0 atom stereocenters. The molecule has 0 spiro atoms. The van der Waals surface area contributed by atoms with Crippen LogP contribution in [0.2, 0.25) is 0 Å². The summed E-state index contributed by atoms with van der Waals surface area (Å²) in [7, 11) is 0. The molecule has 1 aromatic carbocycles. The molecular weight excluding hydrogens is 334 g/mol. The van der Waals surface area contributed by atoms with Crippen molar-refractivity contribution in [3.05, 3.63) is 53.0 Å². The first-order valence-corrected chi connectivity index (χ1v) is 9.41. The molecule has 1 aliphatic carbocycles. The van der Waals surface area contributed by atoms with Crippen molar-refractivity contribution in [2.45, 2.75) is 32.6 Å². The fourth-order valence-electron chi connectivity index (χ4n) is 2.91. The van der Waals surface area contributed by atoms with E-state index in [1.165, 1.54) is 11.3 Å². The predicted octanol–water partition coefficient (Wildman–Crippen LogP) is 5.03. The Labute approximate surface area is 151 Å². The summed E-state index contributed by atoms with van der Waals surface area (Å²) in [4.78, 5) is 24.5. The molecule has 0 amide bonds. The minimum absolute atomic E-state index is 0.191. The maximum Gasteiger partial charge on any atom is 0.341 e. The van der Waals surface area contributed by atoms with Gasteiger partial charge in [0.1, 0.15) is 10.6 Å². The van der Waals surface area contributed by atoms with Crippen LogP contribution in [0.4, 0.5) is 5.00 Å². The van der Waals surface area contributed by atoms with Gasteiger partial charge in [-0.15, -0.1) is 11.3 Å². The topological polar surface area (TPSA) is 55.4 Å². The number of Topliss-reactive ketones (excluding diaryl/α,β-unsaturated/α-hetero) is 1. The molecule has 4 nitrogen and oxygen atoms in total. The van der Waals surface area contributed by atoms with Gasteiger partial charge in [0.2, 0.25) is 0 Å². The van der Waals surface area contributed by atoms with Gasteiger partial charge in [0.05, 0.1) is 6.61 Å². The van der Waals surface area contributed by atoms with Crippen molar-refractivity contribution < 1.29 is 14.3 Å². The lowest BCUT2D eigenvalue weighted by Gasteiger charge is -2.13. The SMILES string of the molecule is CCOC(=O)c1c(-c2ccccc2)csc1NC=C1CCCCC1=O. The second kappa shape index (κ2) is 8.12. The summed E-state index contributed by atoms with van der Waals surface area (Å²) in [5.74, 6) is -0.158. The van der Waals surface area contributed by atoms with Crippen LogP contribution < -0.4 is 5.32 Å². The molecule has 1 aliphatic rings. The third-order valence-corrected chi connectivity index (χ3v) is 5.10. The smallest absolute Gasteiger partial charge is 0.341 e. The molecule has 1 aromatic heterocycles. The summed E-state index contributed by atoms with van der Waals surface area (Å²) in [6.07, 6.45) is 5.14. The highest BCUT2D eigenvalue weighted by atomic mass is 32.1. The number of allylic oxidation sites excluding steroid dienone is 1. The number of carbonyl (C=O) groups excluding carboxylic acids is 2. The van der Waals surface area contributed by atoms with E-state index in [-0.39, 0.29) is 11.8 Å². The van der Waals surface area contributed by atoms with Gasteiger partial charge < -0.3 is 10.1 Å². The fraction of sp³-hybridized carbons (Fsp3) is 0.300. The molecule has 130 valence electrons. The van der Waals surface area contributed by atoms with E-state index in [1.807, 2.05) is 35.7 Å². The minimum atomic E-state index is -0.349. The molecule has 3 rings (SSSR count). The molecule has 0 bridgehead atoms. The van der Waals surface area contributed by atoms with Crippen molar-refractivity contribution in [1.82, 2.24) is 0 Å². The zero-order chi connectivity index (χ0) is 17.6. The third-order valence-electron chi connectivity index (χ3n) is 4.19. The molecule has 0 saturated heterocycles. The summed E-state index contributed by atoms with van der Waals surface area (Å²) < 4.78 is 5.24. The molecular formula is C20H21NO3S. The van der Waals surface area contributed by atoms with Gasteiger partial charge in [-0.1, -0.05) is 30.3 Å². The van der Waals surface area contributed by atoms with Crippen molar-refractivity contribution in [1.29, 1.82) is 0 Å². The van der Waals surface area contributed by atoms with Crippen molar-refractivity contribution >= 4 is 28.1 Å². The van der Waals surface area contributed by atoms with Crippen LogP contribution in [0.5, 0.6) is 0 Å².